The lowest BCUT2D eigenvalue weighted by molar-refractivity contribution is -0.131. The monoisotopic (exact) mass is 154 g/mol. The van der Waals surface area contributed by atoms with E-state index in [1.165, 1.54) is 6.08 Å². The Morgan fingerprint density at radius 2 is 2.36 bits per heavy atom. The van der Waals surface area contributed by atoms with Crippen LogP contribution < -0.4 is 0 Å². The molecular formula is C9H14O2. The van der Waals surface area contributed by atoms with E-state index in [1.54, 1.807) is 12.2 Å². The van der Waals surface area contributed by atoms with Gasteiger partial charge in [-0.05, 0) is 18.8 Å². The molecule has 0 rings (SSSR count). The molecule has 0 aromatic heterocycles. The molecule has 0 aliphatic rings. The van der Waals surface area contributed by atoms with Crippen molar-refractivity contribution in [1.29, 1.82) is 0 Å². The van der Waals surface area contributed by atoms with Crippen LogP contribution in [0.3, 0.4) is 0 Å². The molecule has 0 saturated heterocycles. The average Bonchev–Trinajstić information content (AvgIpc) is 1.97. The van der Waals surface area contributed by atoms with Crippen LogP contribution in [0.4, 0.5) is 0 Å². The van der Waals surface area contributed by atoms with Crippen LogP contribution in [0.15, 0.2) is 24.8 Å². The predicted octanol–water partition coefficient (Wildman–Crippen LogP) is 2.23. The molecule has 0 aliphatic carbocycles. The van der Waals surface area contributed by atoms with Crippen molar-refractivity contribution in [2.75, 3.05) is 0 Å². The van der Waals surface area contributed by atoms with E-state index in [9.17, 15) is 4.79 Å². The standard InChI is InChI=1S/C9H14O2/c1-3-5-8(4-2)6-7-9(10)11/h3,6-8H,1,4-5H2,2H3,(H,10,11)/b7-6-. The molecule has 11 heavy (non-hydrogen) atoms. The van der Waals surface area contributed by atoms with Gasteiger partial charge in [0.25, 0.3) is 0 Å². The van der Waals surface area contributed by atoms with Crippen LogP contribution in [0.5, 0.6) is 0 Å². The zero-order valence-electron chi connectivity index (χ0n) is 6.79. The Hall–Kier alpha value is -1.05. The van der Waals surface area contributed by atoms with Gasteiger partial charge >= 0.3 is 5.97 Å². The van der Waals surface area contributed by atoms with Crippen LogP contribution in [0.1, 0.15) is 19.8 Å². The number of hydrogen-bond donors (Lipinski definition) is 1. The second kappa shape index (κ2) is 5.71. The van der Waals surface area contributed by atoms with Gasteiger partial charge in [-0.15, -0.1) is 6.58 Å². The van der Waals surface area contributed by atoms with Gasteiger partial charge in [0.2, 0.25) is 0 Å². The first-order valence-electron chi connectivity index (χ1n) is 3.72. The SMILES string of the molecule is C=CCC(/C=C\C(=O)O)CC. The van der Waals surface area contributed by atoms with Crippen molar-refractivity contribution >= 4 is 5.97 Å². The lowest BCUT2D eigenvalue weighted by atomic mass is 10.0. The van der Waals surface area contributed by atoms with Gasteiger partial charge in [0, 0.05) is 6.08 Å². The predicted molar refractivity (Wildman–Crippen MR) is 45.4 cm³/mol. The highest BCUT2D eigenvalue weighted by Crippen LogP contribution is 2.09. The zero-order valence-corrected chi connectivity index (χ0v) is 6.79. The third-order valence-electron chi connectivity index (χ3n) is 1.50. The maximum absolute atomic E-state index is 10.1. The van der Waals surface area contributed by atoms with E-state index >= 15 is 0 Å². The van der Waals surface area contributed by atoms with E-state index < -0.39 is 5.97 Å². The third-order valence-corrected chi connectivity index (χ3v) is 1.50. The number of carbonyl (C=O) groups is 1. The molecule has 1 N–H and O–H groups in total. The Morgan fingerprint density at radius 3 is 2.73 bits per heavy atom. The molecule has 2 heteroatoms. The fourth-order valence-electron chi connectivity index (χ4n) is 0.814. The summed E-state index contributed by atoms with van der Waals surface area (Å²) in [6, 6.07) is 0. The molecule has 0 heterocycles. The third kappa shape index (κ3) is 5.40. The second-order valence-corrected chi connectivity index (χ2v) is 2.39. The van der Waals surface area contributed by atoms with Gasteiger partial charge in [-0.2, -0.15) is 0 Å². The molecule has 1 atom stereocenters. The Kier molecular flexibility index (Phi) is 5.17. The van der Waals surface area contributed by atoms with Crippen molar-refractivity contribution in [2.45, 2.75) is 19.8 Å². The topological polar surface area (TPSA) is 37.3 Å². The first kappa shape index (κ1) is 9.95. The van der Waals surface area contributed by atoms with Crippen LogP contribution in [0.2, 0.25) is 0 Å². The van der Waals surface area contributed by atoms with Crippen LogP contribution in [-0.4, -0.2) is 11.1 Å². The fourth-order valence-corrected chi connectivity index (χ4v) is 0.814. The van der Waals surface area contributed by atoms with Crippen molar-refractivity contribution in [3.05, 3.63) is 24.8 Å². The molecule has 0 aliphatic heterocycles. The van der Waals surface area contributed by atoms with E-state index in [0.717, 1.165) is 12.8 Å². The number of allylic oxidation sites excluding steroid dienone is 2. The van der Waals surface area contributed by atoms with Crippen molar-refractivity contribution in [1.82, 2.24) is 0 Å². The van der Waals surface area contributed by atoms with Crippen molar-refractivity contribution in [2.24, 2.45) is 5.92 Å². The lowest BCUT2D eigenvalue weighted by Crippen LogP contribution is -1.94. The molecule has 0 aromatic carbocycles. The Morgan fingerprint density at radius 1 is 1.73 bits per heavy atom. The van der Waals surface area contributed by atoms with E-state index in [1.807, 2.05) is 6.92 Å². The molecule has 0 saturated carbocycles. The highest BCUT2D eigenvalue weighted by atomic mass is 16.4. The van der Waals surface area contributed by atoms with Gasteiger partial charge in [-0.25, -0.2) is 4.79 Å². The Labute approximate surface area is 67.2 Å². The normalized spacial score (nSPS) is 13.2. The summed E-state index contributed by atoms with van der Waals surface area (Å²) >= 11 is 0. The number of carboxylic acid groups (broad SMARTS) is 1. The maximum Gasteiger partial charge on any atom is 0.327 e. The fraction of sp³-hybridized carbons (Fsp3) is 0.444. The van der Waals surface area contributed by atoms with Crippen LogP contribution in [0, 0.1) is 5.92 Å². The van der Waals surface area contributed by atoms with Crippen molar-refractivity contribution < 1.29 is 9.90 Å². The maximum atomic E-state index is 10.1. The molecule has 0 radical (unpaired) electrons. The van der Waals surface area contributed by atoms with Crippen molar-refractivity contribution in [3.63, 3.8) is 0 Å². The van der Waals surface area contributed by atoms with E-state index in [2.05, 4.69) is 6.58 Å². The molecule has 1 unspecified atom stereocenters. The van der Waals surface area contributed by atoms with Crippen LogP contribution in [0.25, 0.3) is 0 Å². The number of carboxylic acids is 1. The first-order chi connectivity index (χ1) is 5.20. The van der Waals surface area contributed by atoms with E-state index in [-0.39, 0.29) is 0 Å². The van der Waals surface area contributed by atoms with E-state index in [0.29, 0.717) is 5.92 Å². The molecule has 0 amide bonds. The number of aliphatic carboxylic acids is 1. The minimum absolute atomic E-state index is 0.323. The quantitative estimate of drug-likeness (QED) is 0.487. The van der Waals surface area contributed by atoms with Gasteiger partial charge in [0.1, 0.15) is 0 Å². The number of hydrogen-bond acceptors (Lipinski definition) is 1. The Bertz CT molecular complexity index is 159. The summed E-state index contributed by atoms with van der Waals surface area (Å²) in [6.07, 6.45) is 6.51. The highest BCUT2D eigenvalue weighted by Gasteiger charge is 1.98. The summed E-state index contributed by atoms with van der Waals surface area (Å²) in [7, 11) is 0. The second-order valence-electron chi connectivity index (χ2n) is 2.39. The van der Waals surface area contributed by atoms with Crippen LogP contribution in [-0.2, 0) is 4.79 Å². The largest absolute Gasteiger partial charge is 0.478 e. The molecule has 0 bridgehead atoms. The first-order valence-corrected chi connectivity index (χ1v) is 3.72. The van der Waals surface area contributed by atoms with E-state index in [4.69, 9.17) is 5.11 Å². The van der Waals surface area contributed by atoms with Gasteiger partial charge < -0.3 is 5.11 Å². The summed E-state index contributed by atoms with van der Waals surface area (Å²) in [5.74, 6) is -0.559. The minimum atomic E-state index is -0.882. The lowest BCUT2D eigenvalue weighted by Gasteiger charge is -2.03. The van der Waals surface area contributed by atoms with Crippen molar-refractivity contribution in [3.8, 4) is 0 Å². The zero-order chi connectivity index (χ0) is 8.69. The summed E-state index contributed by atoms with van der Waals surface area (Å²) < 4.78 is 0. The highest BCUT2D eigenvalue weighted by molar-refractivity contribution is 5.79. The Balaban J connectivity index is 3.85. The minimum Gasteiger partial charge on any atom is -0.478 e. The smallest absolute Gasteiger partial charge is 0.327 e. The van der Waals surface area contributed by atoms with Gasteiger partial charge in [-0.3, -0.25) is 0 Å². The molecule has 0 aromatic rings. The van der Waals surface area contributed by atoms with Gasteiger partial charge in [0.15, 0.2) is 0 Å². The molecule has 0 spiro atoms. The molecular weight excluding hydrogens is 140 g/mol. The average molecular weight is 154 g/mol. The molecule has 0 fully saturated rings. The van der Waals surface area contributed by atoms with Gasteiger partial charge in [-0.1, -0.05) is 19.1 Å². The van der Waals surface area contributed by atoms with Gasteiger partial charge in [0.05, 0.1) is 0 Å². The molecule has 2 nitrogen and oxygen atoms in total. The molecule has 62 valence electrons. The van der Waals surface area contributed by atoms with Crippen LogP contribution >= 0.6 is 0 Å². The summed E-state index contributed by atoms with van der Waals surface area (Å²) in [5.41, 5.74) is 0. The summed E-state index contributed by atoms with van der Waals surface area (Å²) in [4.78, 5) is 10.1. The summed E-state index contributed by atoms with van der Waals surface area (Å²) in [6.45, 7) is 5.62. The number of rotatable bonds is 5. The summed E-state index contributed by atoms with van der Waals surface area (Å²) in [5, 5.41) is 8.31.